The first kappa shape index (κ1) is 24.0. The van der Waals surface area contributed by atoms with Crippen LogP contribution in [0.25, 0.3) is 11.3 Å². The standard InChI is InChI=1S/C26H28N4O5/c1-15(2)26(3,24(32)33)29-23(31)22-14-21(30-35-22)17-8-10-19(11-9-17)27-25(34)28-20-12-7-16-5-4-6-18(16)13-20/h7-15H,4-6H2,1-3H3,(H,29,31)(H,32,33)(H2,27,28,34)/t26-/m0/s1. The molecule has 0 bridgehead atoms. The molecule has 2 aromatic carbocycles. The molecule has 182 valence electrons. The van der Waals surface area contributed by atoms with E-state index in [2.05, 4.69) is 27.2 Å². The van der Waals surface area contributed by atoms with Crippen molar-refractivity contribution in [2.24, 2.45) is 5.92 Å². The second-order valence-corrected chi connectivity index (χ2v) is 9.19. The van der Waals surface area contributed by atoms with E-state index in [1.807, 2.05) is 12.1 Å². The van der Waals surface area contributed by atoms with Crippen LogP contribution in [0.1, 0.15) is 48.9 Å². The third kappa shape index (κ3) is 5.18. The number of hydrogen-bond acceptors (Lipinski definition) is 5. The van der Waals surface area contributed by atoms with E-state index in [1.165, 1.54) is 24.1 Å². The molecule has 0 unspecified atom stereocenters. The topological polar surface area (TPSA) is 134 Å². The summed E-state index contributed by atoms with van der Waals surface area (Å²) in [4.78, 5) is 36.5. The number of carboxylic acids is 1. The largest absolute Gasteiger partial charge is 0.480 e. The Balaban J connectivity index is 1.38. The molecule has 3 amide bonds. The average Bonchev–Trinajstić information content (AvgIpc) is 3.49. The zero-order chi connectivity index (χ0) is 25.2. The molecule has 0 radical (unpaired) electrons. The fourth-order valence-electron chi connectivity index (χ4n) is 3.93. The number of amides is 3. The molecule has 0 aliphatic heterocycles. The maximum absolute atomic E-state index is 12.5. The minimum Gasteiger partial charge on any atom is -0.480 e. The highest BCUT2D eigenvalue weighted by atomic mass is 16.5. The second kappa shape index (κ2) is 9.61. The van der Waals surface area contributed by atoms with Crippen molar-refractivity contribution in [3.63, 3.8) is 0 Å². The first-order chi connectivity index (χ1) is 16.7. The summed E-state index contributed by atoms with van der Waals surface area (Å²) in [5.41, 5.74) is 3.60. The normalized spacial score (nSPS) is 14.2. The first-order valence-corrected chi connectivity index (χ1v) is 11.5. The molecule has 0 fully saturated rings. The van der Waals surface area contributed by atoms with Crippen molar-refractivity contribution < 1.29 is 24.0 Å². The van der Waals surface area contributed by atoms with Gasteiger partial charge in [-0.3, -0.25) is 4.79 Å². The van der Waals surface area contributed by atoms with Crippen molar-refractivity contribution in [3.05, 3.63) is 65.4 Å². The van der Waals surface area contributed by atoms with E-state index >= 15 is 0 Å². The molecule has 1 aromatic heterocycles. The number of aryl methyl sites for hydroxylation is 2. The molecular weight excluding hydrogens is 448 g/mol. The summed E-state index contributed by atoms with van der Waals surface area (Å²) in [6.07, 6.45) is 3.27. The van der Waals surface area contributed by atoms with Gasteiger partial charge in [-0.1, -0.05) is 37.2 Å². The first-order valence-electron chi connectivity index (χ1n) is 11.5. The van der Waals surface area contributed by atoms with Crippen LogP contribution >= 0.6 is 0 Å². The van der Waals surface area contributed by atoms with Gasteiger partial charge in [-0.15, -0.1) is 0 Å². The predicted octanol–water partition coefficient (Wildman–Crippen LogP) is 4.70. The number of aliphatic carboxylic acids is 1. The zero-order valence-corrected chi connectivity index (χ0v) is 19.8. The number of carbonyl (C=O) groups is 3. The summed E-state index contributed by atoms with van der Waals surface area (Å²) in [7, 11) is 0. The van der Waals surface area contributed by atoms with Gasteiger partial charge in [0.15, 0.2) is 0 Å². The molecule has 0 spiro atoms. The molecule has 0 saturated carbocycles. The summed E-state index contributed by atoms with van der Waals surface area (Å²) in [5.74, 6) is -2.23. The molecule has 1 atom stereocenters. The van der Waals surface area contributed by atoms with E-state index in [0.29, 0.717) is 16.9 Å². The van der Waals surface area contributed by atoms with Gasteiger partial charge < -0.3 is 25.6 Å². The van der Waals surface area contributed by atoms with Crippen LogP contribution in [-0.2, 0) is 17.6 Å². The third-order valence-electron chi connectivity index (χ3n) is 6.50. The summed E-state index contributed by atoms with van der Waals surface area (Å²) in [5, 5.41) is 21.6. The van der Waals surface area contributed by atoms with Crippen LogP contribution in [0.5, 0.6) is 0 Å². The number of nitrogens with zero attached hydrogens (tertiary/aromatic N) is 1. The lowest BCUT2D eigenvalue weighted by atomic mass is 9.88. The van der Waals surface area contributed by atoms with E-state index in [0.717, 1.165) is 24.9 Å². The molecule has 0 saturated heterocycles. The zero-order valence-electron chi connectivity index (χ0n) is 19.8. The van der Waals surface area contributed by atoms with Crippen LogP contribution in [-0.4, -0.2) is 33.7 Å². The van der Waals surface area contributed by atoms with Gasteiger partial charge in [-0.05, 0) is 67.5 Å². The number of nitrogens with one attached hydrogen (secondary N) is 3. The second-order valence-electron chi connectivity index (χ2n) is 9.19. The fourth-order valence-corrected chi connectivity index (χ4v) is 3.93. The quantitative estimate of drug-likeness (QED) is 0.390. The molecule has 1 aliphatic carbocycles. The highest BCUT2D eigenvalue weighted by Crippen LogP contribution is 2.26. The van der Waals surface area contributed by atoms with Crippen LogP contribution in [0.2, 0.25) is 0 Å². The lowest BCUT2D eigenvalue weighted by Gasteiger charge is -2.29. The SMILES string of the molecule is CC(C)[C@](C)(NC(=O)c1cc(-c2ccc(NC(=O)Nc3ccc4c(c3)CCC4)cc2)no1)C(=O)O. The number of fused-ring (bicyclic) bond motifs is 1. The van der Waals surface area contributed by atoms with Crippen LogP contribution in [0.15, 0.2) is 53.1 Å². The number of aromatic nitrogens is 1. The van der Waals surface area contributed by atoms with Crippen LogP contribution in [0.3, 0.4) is 0 Å². The molecular formula is C26H28N4O5. The Kier molecular flexibility index (Phi) is 6.59. The van der Waals surface area contributed by atoms with E-state index in [4.69, 9.17) is 4.52 Å². The highest BCUT2D eigenvalue weighted by Gasteiger charge is 2.39. The van der Waals surface area contributed by atoms with E-state index in [-0.39, 0.29) is 17.7 Å². The molecule has 4 N–H and O–H groups in total. The minimum absolute atomic E-state index is 0.0935. The lowest BCUT2D eigenvalue weighted by molar-refractivity contribution is -0.145. The Morgan fingerprint density at radius 1 is 0.971 bits per heavy atom. The van der Waals surface area contributed by atoms with Gasteiger partial charge in [-0.2, -0.15) is 0 Å². The van der Waals surface area contributed by atoms with Crippen molar-refractivity contribution in [1.82, 2.24) is 10.5 Å². The Labute approximate surface area is 202 Å². The van der Waals surface area contributed by atoms with E-state index in [1.54, 1.807) is 38.1 Å². The molecule has 1 heterocycles. The van der Waals surface area contributed by atoms with Crippen molar-refractivity contribution in [3.8, 4) is 11.3 Å². The lowest BCUT2D eigenvalue weighted by Crippen LogP contribution is -2.55. The summed E-state index contributed by atoms with van der Waals surface area (Å²) < 4.78 is 5.14. The Hall–Kier alpha value is -4.14. The number of benzene rings is 2. The predicted molar refractivity (Wildman–Crippen MR) is 131 cm³/mol. The molecule has 1 aliphatic rings. The van der Waals surface area contributed by atoms with Crippen molar-refractivity contribution in [2.75, 3.05) is 10.6 Å². The van der Waals surface area contributed by atoms with Crippen LogP contribution in [0.4, 0.5) is 16.2 Å². The van der Waals surface area contributed by atoms with Gasteiger partial charge in [0.2, 0.25) is 5.76 Å². The molecule has 9 nitrogen and oxygen atoms in total. The van der Waals surface area contributed by atoms with Crippen LogP contribution in [0, 0.1) is 5.92 Å². The van der Waals surface area contributed by atoms with Crippen molar-refractivity contribution in [2.45, 2.75) is 45.6 Å². The highest BCUT2D eigenvalue weighted by molar-refractivity contribution is 6.00. The maximum atomic E-state index is 12.5. The van der Waals surface area contributed by atoms with Gasteiger partial charge in [0.25, 0.3) is 5.91 Å². The van der Waals surface area contributed by atoms with E-state index in [9.17, 15) is 19.5 Å². The van der Waals surface area contributed by atoms with Gasteiger partial charge in [0, 0.05) is 23.0 Å². The summed E-state index contributed by atoms with van der Waals surface area (Å²) in [6, 6.07) is 14.0. The molecule has 3 aromatic rings. The van der Waals surface area contributed by atoms with Gasteiger partial charge >= 0.3 is 12.0 Å². The van der Waals surface area contributed by atoms with Crippen molar-refractivity contribution in [1.29, 1.82) is 0 Å². The number of urea groups is 1. The average molecular weight is 477 g/mol. The van der Waals surface area contributed by atoms with Crippen molar-refractivity contribution >= 4 is 29.3 Å². The third-order valence-corrected chi connectivity index (χ3v) is 6.50. The van der Waals surface area contributed by atoms with E-state index < -0.39 is 17.4 Å². The number of carbonyl (C=O) groups excluding carboxylic acids is 2. The minimum atomic E-state index is -1.45. The number of anilines is 2. The Bertz CT molecular complexity index is 1270. The molecule has 9 heteroatoms. The Morgan fingerprint density at radius 2 is 1.63 bits per heavy atom. The molecule has 4 rings (SSSR count). The monoisotopic (exact) mass is 476 g/mol. The molecule has 35 heavy (non-hydrogen) atoms. The Morgan fingerprint density at radius 3 is 2.31 bits per heavy atom. The van der Waals surface area contributed by atoms with Gasteiger partial charge in [0.1, 0.15) is 11.2 Å². The van der Waals surface area contributed by atoms with Crippen LogP contribution < -0.4 is 16.0 Å². The summed E-state index contributed by atoms with van der Waals surface area (Å²) >= 11 is 0. The maximum Gasteiger partial charge on any atom is 0.329 e. The number of hydrogen-bond donors (Lipinski definition) is 4. The summed E-state index contributed by atoms with van der Waals surface area (Å²) in [6.45, 7) is 4.87. The number of carboxylic acid groups (broad SMARTS) is 1. The smallest absolute Gasteiger partial charge is 0.329 e. The fraction of sp³-hybridized carbons (Fsp3) is 0.308. The number of rotatable bonds is 7. The van der Waals surface area contributed by atoms with Gasteiger partial charge in [0.05, 0.1) is 0 Å². The van der Waals surface area contributed by atoms with Gasteiger partial charge in [-0.25, -0.2) is 9.59 Å².